The number of aromatic nitrogens is 1. The molecular formula is C11H11NO2. The highest BCUT2D eigenvalue weighted by Gasteiger charge is 2.39. The average molecular weight is 189 g/mol. The van der Waals surface area contributed by atoms with Gasteiger partial charge in [-0.2, -0.15) is 0 Å². The Hall–Kier alpha value is -1.38. The van der Waals surface area contributed by atoms with Crippen LogP contribution >= 0.6 is 0 Å². The molecule has 1 aliphatic carbocycles. The second kappa shape index (κ2) is 2.80. The number of ether oxygens (including phenoxy) is 1. The van der Waals surface area contributed by atoms with Gasteiger partial charge in [0, 0.05) is 12.1 Å². The summed E-state index contributed by atoms with van der Waals surface area (Å²) >= 11 is 0. The second-order valence-electron chi connectivity index (χ2n) is 3.92. The summed E-state index contributed by atoms with van der Waals surface area (Å²) in [5, 5.41) is 0. The summed E-state index contributed by atoms with van der Waals surface area (Å²) in [5.74, 6) is 0.153. The largest absolute Gasteiger partial charge is 0.458 e. The number of fused-ring (bicyclic) bond motifs is 3. The van der Waals surface area contributed by atoms with Crippen molar-refractivity contribution in [2.75, 3.05) is 0 Å². The Kier molecular flexibility index (Phi) is 1.60. The zero-order chi connectivity index (χ0) is 9.54. The van der Waals surface area contributed by atoms with Crippen LogP contribution in [0, 0.1) is 0 Å². The first-order valence-electron chi connectivity index (χ1n) is 5.02. The summed E-state index contributed by atoms with van der Waals surface area (Å²) in [5.41, 5.74) is 1.61. The third kappa shape index (κ3) is 0.983. The highest BCUT2D eigenvalue weighted by Crippen LogP contribution is 2.40. The number of carbonyl (C=O) groups is 1. The van der Waals surface area contributed by atoms with Gasteiger partial charge in [0.25, 0.3) is 0 Å². The van der Waals surface area contributed by atoms with Gasteiger partial charge in [-0.15, -0.1) is 0 Å². The lowest BCUT2D eigenvalue weighted by molar-refractivity contribution is 0.0222. The maximum Gasteiger partial charge on any atom is 0.340 e. The van der Waals surface area contributed by atoms with Crippen LogP contribution < -0.4 is 0 Å². The fourth-order valence-corrected chi connectivity index (χ4v) is 2.47. The first-order valence-corrected chi connectivity index (χ1v) is 5.02. The fraction of sp³-hybridized carbons (Fsp3) is 0.455. The van der Waals surface area contributed by atoms with Crippen LogP contribution in [0.2, 0.25) is 0 Å². The molecule has 3 nitrogen and oxygen atoms in total. The molecule has 1 saturated carbocycles. The summed E-state index contributed by atoms with van der Waals surface area (Å²) in [4.78, 5) is 15.9. The third-order valence-electron chi connectivity index (χ3n) is 3.12. The van der Waals surface area contributed by atoms with Crippen LogP contribution in [0.5, 0.6) is 0 Å². The van der Waals surface area contributed by atoms with Crippen molar-refractivity contribution in [2.24, 2.45) is 0 Å². The molecule has 1 aromatic heterocycles. The standard InChI is InChI=1S/C11H11NO2/c13-11-8-4-2-6-12-10(8)7-3-1-5-9(7)14-11/h2,4,6-7,9H,1,3,5H2/t7-,9+/m0/s1. The van der Waals surface area contributed by atoms with E-state index in [-0.39, 0.29) is 12.1 Å². The summed E-state index contributed by atoms with van der Waals surface area (Å²) < 4.78 is 5.36. The molecule has 14 heavy (non-hydrogen) atoms. The smallest absolute Gasteiger partial charge is 0.340 e. The maximum atomic E-state index is 11.6. The minimum atomic E-state index is -0.198. The summed E-state index contributed by atoms with van der Waals surface area (Å²) in [6, 6.07) is 3.59. The molecule has 3 heteroatoms. The van der Waals surface area contributed by atoms with Gasteiger partial charge in [-0.25, -0.2) is 4.79 Å². The molecule has 0 N–H and O–H groups in total. The van der Waals surface area contributed by atoms with Crippen LogP contribution in [-0.4, -0.2) is 17.1 Å². The first-order chi connectivity index (χ1) is 6.86. The van der Waals surface area contributed by atoms with E-state index in [2.05, 4.69) is 4.98 Å². The van der Waals surface area contributed by atoms with Crippen LogP contribution in [0.3, 0.4) is 0 Å². The number of hydrogen-bond donors (Lipinski definition) is 0. The van der Waals surface area contributed by atoms with Crippen molar-refractivity contribution in [2.45, 2.75) is 31.3 Å². The lowest BCUT2D eigenvalue weighted by atomic mass is 9.94. The molecule has 0 aromatic carbocycles. The quantitative estimate of drug-likeness (QED) is 0.585. The number of pyridine rings is 1. The van der Waals surface area contributed by atoms with E-state index in [1.807, 2.05) is 0 Å². The minimum absolute atomic E-state index is 0.0879. The molecule has 0 unspecified atom stereocenters. The summed E-state index contributed by atoms with van der Waals surface area (Å²) in [6.45, 7) is 0. The van der Waals surface area contributed by atoms with E-state index in [1.54, 1.807) is 18.3 Å². The lowest BCUT2D eigenvalue weighted by Crippen LogP contribution is -2.29. The van der Waals surface area contributed by atoms with E-state index in [0.717, 1.165) is 25.0 Å². The third-order valence-corrected chi connectivity index (χ3v) is 3.12. The molecule has 0 radical (unpaired) electrons. The molecule has 3 rings (SSSR count). The fourth-order valence-electron chi connectivity index (χ4n) is 2.47. The van der Waals surface area contributed by atoms with Gasteiger partial charge in [0.2, 0.25) is 0 Å². The normalized spacial score (nSPS) is 29.3. The van der Waals surface area contributed by atoms with Gasteiger partial charge in [0.15, 0.2) is 0 Å². The van der Waals surface area contributed by atoms with Crippen molar-refractivity contribution in [3.8, 4) is 0 Å². The predicted molar refractivity (Wildman–Crippen MR) is 50.0 cm³/mol. The van der Waals surface area contributed by atoms with Gasteiger partial charge in [-0.05, 0) is 31.4 Å². The van der Waals surface area contributed by atoms with Crippen LogP contribution in [0.1, 0.15) is 41.2 Å². The van der Waals surface area contributed by atoms with E-state index in [9.17, 15) is 4.79 Å². The highest BCUT2D eigenvalue weighted by molar-refractivity contribution is 5.92. The van der Waals surface area contributed by atoms with Crippen molar-refractivity contribution in [3.05, 3.63) is 29.6 Å². The molecule has 1 aromatic rings. The van der Waals surface area contributed by atoms with E-state index < -0.39 is 0 Å². The number of rotatable bonds is 0. The van der Waals surface area contributed by atoms with Gasteiger partial charge < -0.3 is 4.74 Å². The zero-order valence-corrected chi connectivity index (χ0v) is 7.77. The SMILES string of the molecule is O=C1O[C@@H]2CCC[C@@H]2c2ncccc21. The van der Waals surface area contributed by atoms with E-state index in [1.165, 1.54) is 0 Å². The van der Waals surface area contributed by atoms with Crippen LogP contribution in [-0.2, 0) is 4.74 Å². The zero-order valence-electron chi connectivity index (χ0n) is 7.77. The molecule has 1 aliphatic heterocycles. The Morgan fingerprint density at radius 2 is 2.36 bits per heavy atom. The predicted octanol–water partition coefficient (Wildman–Crippen LogP) is 1.89. The van der Waals surface area contributed by atoms with E-state index in [4.69, 9.17) is 4.74 Å². The molecule has 0 saturated heterocycles. The molecule has 2 atom stereocenters. The van der Waals surface area contributed by atoms with Crippen LogP contribution in [0.25, 0.3) is 0 Å². The van der Waals surface area contributed by atoms with Crippen LogP contribution in [0.15, 0.2) is 18.3 Å². The number of carbonyl (C=O) groups excluding carboxylic acids is 1. The lowest BCUT2D eigenvalue weighted by Gasteiger charge is -2.26. The monoisotopic (exact) mass is 189 g/mol. The molecule has 0 bridgehead atoms. The maximum absolute atomic E-state index is 11.6. The molecule has 0 spiro atoms. The molecule has 2 heterocycles. The Morgan fingerprint density at radius 1 is 1.43 bits per heavy atom. The minimum Gasteiger partial charge on any atom is -0.458 e. The van der Waals surface area contributed by atoms with Crippen molar-refractivity contribution in [3.63, 3.8) is 0 Å². The van der Waals surface area contributed by atoms with Crippen molar-refractivity contribution < 1.29 is 9.53 Å². The Balaban J connectivity index is 2.13. The molecule has 1 fully saturated rings. The van der Waals surface area contributed by atoms with Gasteiger partial charge >= 0.3 is 5.97 Å². The van der Waals surface area contributed by atoms with E-state index in [0.29, 0.717) is 11.5 Å². The molecular weight excluding hydrogens is 178 g/mol. The number of esters is 1. The molecule has 2 aliphatic rings. The van der Waals surface area contributed by atoms with Gasteiger partial charge in [-0.3, -0.25) is 4.98 Å². The second-order valence-corrected chi connectivity index (χ2v) is 3.92. The van der Waals surface area contributed by atoms with Crippen molar-refractivity contribution >= 4 is 5.97 Å². The van der Waals surface area contributed by atoms with Crippen molar-refractivity contribution in [1.29, 1.82) is 0 Å². The van der Waals surface area contributed by atoms with Gasteiger partial charge in [-0.1, -0.05) is 0 Å². The first kappa shape index (κ1) is 7.97. The van der Waals surface area contributed by atoms with Crippen molar-refractivity contribution in [1.82, 2.24) is 4.98 Å². The average Bonchev–Trinajstić information content (AvgIpc) is 2.66. The van der Waals surface area contributed by atoms with Gasteiger partial charge in [0.05, 0.1) is 11.3 Å². The van der Waals surface area contributed by atoms with Gasteiger partial charge in [0.1, 0.15) is 6.10 Å². The Labute approximate surface area is 82.1 Å². The number of hydrogen-bond acceptors (Lipinski definition) is 3. The molecule has 0 amide bonds. The summed E-state index contributed by atoms with van der Waals surface area (Å²) in [7, 11) is 0. The molecule has 72 valence electrons. The topological polar surface area (TPSA) is 39.2 Å². The van der Waals surface area contributed by atoms with E-state index >= 15 is 0 Å². The Bertz CT molecular complexity index is 389. The Morgan fingerprint density at radius 3 is 3.29 bits per heavy atom. The number of nitrogens with zero attached hydrogens (tertiary/aromatic N) is 1. The highest BCUT2D eigenvalue weighted by atomic mass is 16.5. The summed E-state index contributed by atoms with van der Waals surface area (Å²) in [6.07, 6.45) is 5.07. The van der Waals surface area contributed by atoms with Crippen LogP contribution in [0.4, 0.5) is 0 Å².